The molecule has 1 aromatic heterocycles. The minimum Gasteiger partial charge on any atom is -0.484 e. The van der Waals surface area contributed by atoms with Gasteiger partial charge in [-0.15, -0.1) is 0 Å². The molecular formula is C22H18BrN5O3. The van der Waals surface area contributed by atoms with Crippen LogP contribution in [0.25, 0.3) is 16.5 Å². The summed E-state index contributed by atoms with van der Waals surface area (Å²) in [6, 6.07) is 18.6. The summed E-state index contributed by atoms with van der Waals surface area (Å²) in [7, 11) is 0. The maximum atomic E-state index is 12.1. The molecule has 3 aromatic carbocycles. The topological polar surface area (TPSA) is 98.1 Å². The first-order valence-corrected chi connectivity index (χ1v) is 10.2. The van der Waals surface area contributed by atoms with E-state index < -0.39 is 0 Å². The monoisotopic (exact) mass is 479 g/mol. The molecule has 1 heterocycles. The summed E-state index contributed by atoms with van der Waals surface area (Å²) in [4.78, 5) is 28.0. The van der Waals surface area contributed by atoms with E-state index in [-0.39, 0.29) is 25.0 Å². The molecule has 0 aliphatic carbocycles. The fourth-order valence-electron chi connectivity index (χ4n) is 2.91. The molecule has 0 spiro atoms. The van der Waals surface area contributed by atoms with Crippen LogP contribution in [0.4, 0.5) is 5.69 Å². The van der Waals surface area contributed by atoms with Gasteiger partial charge < -0.3 is 15.4 Å². The van der Waals surface area contributed by atoms with Crippen molar-refractivity contribution in [1.29, 1.82) is 0 Å². The van der Waals surface area contributed by atoms with Crippen molar-refractivity contribution in [3.63, 3.8) is 0 Å². The Bertz CT molecular complexity index is 1210. The van der Waals surface area contributed by atoms with Crippen molar-refractivity contribution in [2.45, 2.75) is 0 Å². The Balaban J connectivity index is 1.23. The molecule has 0 unspecified atom stereocenters. The molecular weight excluding hydrogens is 462 g/mol. The lowest BCUT2D eigenvalue weighted by atomic mass is 10.1. The Hall–Kier alpha value is -3.72. The Morgan fingerprint density at radius 1 is 0.968 bits per heavy atom. The van der Waals surface area contributed by atoms with Crippen molar-refractivity contribution < 1.29 is 14.3 Å². The van der Waals surface area contributed by atoms with Crippen LogP contribution in [-0.4, -0.2) is 39.7 Å². The second kappa shape index (κ2) is 9.40. The number of amides is 2. The Labute approximate surface area is 186 Å². The Kier molecular flexibility index (Phi) is 6.23. The molecule has 0 aliphatic rings. The number of benzene rings is 3. The minimum atomic E-state index is -0.382. The van der Waals surface area contributed by atoms with E-state index in [2.05, 4.69) is 36.6 Å². The number of halogens is 1. The summed E-state index contributed by atoms with van der Waals surface area (Å²) in [5, 5.41) is 11.4. The van der Waals surface area contributed by atoms with Crippen LogP contribution in [-0.2, 0) is 9.59 Å². The number of aromatic nitrogens is 3. The first-order chi connectivity index (χ1) is 15.1. The van der Waals surface area contributed by atoms with Gasteiger partial charge in [-0.2, -0.15) is 5.10 Å². The first-order valence-electron chi connectivity index (χ1n) is 9.40. The van der Waals surface area contributed by atoms with Gasteiger partial charge in [0, 0.05) is 10.2 Å². The fourth-order valence-corrected chi connectivity index (χ4v) is 3.29. The second-order valence-corrected chi connectivity index (χ2v) is 7.57. The molecule has 0 radical (unpaired) electrons. The van der Waals surface area contributed by atoms with Gasteiger partial charge in [-0.25, -0.2) is 9.67 Å². The third-order valence-corrected chi connectivity index (χ3v) is 4.92. The largest absolute Gasteiger partial charge is 0.484 e. The first kappa shape index (κ1) is 20.5. The number of carbonyl (C=O) groups is 2. The van der Waals surface area contributed by atoms with Gasteiger partial charge >= 0.3 is 0 Å². The molecule has 31 heavy (non-hydrogen) atoms. The number of nitrogens with one attached hydrogen (secondary N) is 2. The molecule has 0 atom stereocenters. The lowest BCUT2D eigenvalue weighted by Crippen LogP contribution is -2.35. The maximum Gasteiger partial charge on any atom is 0.258 e. The van der Waals surface area contributed by atoms with Crippen LogP contribution in [0.3, 0.4) is 0 Å². The molecule has 2 N–H and O–H groups in total. The minimum absolute atomic E-state index is 0.154. The SMILES string of the molecule is O=C(COc1ccc2cc(Br)ccc2c1)NCC(=O)Nc1ccc(-n2cncn2)cc1. The van der Waals surface area contributed by atoms with E-state index in [9.17, 15) is 9.59 Å². The summed E-state index contributed by atoms with van der Waals surface area (Å²) >= 11 is 3.44. The molecule has 4 aromatic rings. The van der Waals surface area contributed by atoms with E-state index in [4.69, 9.17) is 4.74 Å². The fraction of sp³-hybridized carbons (Fsp3) is 0.0909. The quantitative estimate of drug-likeness (QED) is 0.423. The number of rotatable bonds is 7. The number of fused-ring (bicyclic) bond motifs is 1. The normalized spacial score (nSPS) is 10.6. The summed E-state index contributed by atoms with van der Waals surface area (Å²) < 4.78 is 8.15. The van der Waals surface area contributed by atoms with Crippen LogP contribution in [0.2, 0.25) is 0 Å². The highest BCUT2D eigenvalue weighted by Gasteiger charge is 2.08. The molecule has 2 amide bonds. The summed E-state index contributed by atoms with van der Waals surface area (Å²) in [5.74, 6) is -0.132. The van der Waals surface area contributed by atoms with Crippen LogP contribution in [0, 0.1) is 0 Å². The van der Waals surface area contributed by atoms with Crippen molar-refractivity contribution in [2.24, 2.45) is 0 Å². The lowest BCUT2D eigenvalue weighted by molar-refractivity contribution is -0.125. The van der Waals surface area contributed by atoms with Gasteiger partial charge in [0.25, 0.3) is 5.91 Å². The maximum absolute atomic E-state index is 12.1. The number of carbonyl (C=O) groups excluding carboxylic acids is 2. The average molecular weight is 480 g/mol. The van der Waals surface area contributed by atoms with Crippen LogP contribution in [0.1, 0.15) is 0 Å². The van der Waals surface area contributed by atoms with Crippen molar-refractivity contribution in [3.8, 4) is 11.4 Å². The zero-order chi connectivity index (χ0) is 21.6. The molecule has 8 nitrogen and oxygen atoms in total. The molecule has 4 rings (SSSR count). The number of hydrogen-bond acceptors (Lipinski definition) is 5. The molecule has 156 valence electrons. The average Bonchev–Trinajstić information content (AvgIpc) is 3.32. The zero-order valence-corrected chi connectivity index (χ0v) is 17.9. The molecule has 0 saturated carbocycles. The van der Waals surface area contributed by atoms with Gasteiger partial charge in [0.15, 0.2) is 6.61 Å². The highest BCUT2D eigenvalue weighted by atomic mass is 79.9. The van der Waals surface area contributed by atoms with Crippen molar-refractivity contribution >= 4 is 44.2 Å². The Morgan fingerprint density at radius 2 is 1.74 bits per heavy atom. The standard InChI is InChI=1S/C22H18BrN5O3/c23-17-3-1-16-10-20(8-2-15(16)9-17)31-12-22(30)25-11-21(29)27-18-4-6-19(7-5-18)28-14-24-13-26-28/h1-10,13-14H,11-12H2,(H,25,30)(H,27,29). The van der Waals surface area contributed by atoms with Gasteiger partial charge in [-0.05, 0) is 59.3 Å². The van der Waals surface area contributed by atoms with Crippen LogP contribution in [0.5, 0.6) is 5.75 Å². The molecule has 0 fully saturated rings. The molecule has 9 heteroatoms. The van der Waals surface area contributed by atoms with Crippen molar-refractivity contribution in [1.82, 2.24) is 20.1 Å². The highest BCUT2D eigenvalue weighted by Crippen LogP contribution is 2.24. The number of nitrogens with zero attached hydrogens (tertiary/aromatic N) is 3. The van der Waals surface area contributed by atoms with Crippen molar-refractivity contribution in [3.05, 3.63) is 77.8 Å². The smallest absolute Gasteiger partial charge is 0.258 e. The highest BCUT2D eigenvalue weighted by molar-refractivity contribution is 9.10. The van der Waals surface area contributed by atoms with E-state index in [1.807, 2.05) is 30.3 Å². The third kappa shape index (κ3) is 5.46. The number of ether oxygens (including phenoxy) is 1. The van der Waals surface area contributed by atoms with Gasteiger partial charge in [-0.3, -0.25) is 9.59 Å². The summed E-state index contributed by atoms with van der Waals surface area (Å²) in [6.45, 7) is -0.333. The van der Waals surface area contributed by atoms with Gasteiger partial charge in [-0.1, -0.05) is 28.1 Å². The second-order valence-electron chi connectivity index (χ2n) is 6.65. The van der Waals surface area contributed by atoms with E-state index in [0.717, 1.165) is 20.9 Å². The van der Waals surface area contributed by atoms with Crippen LogP contribution in [0.15, 0.2) is 77.8 Å². The number of anilines is 1. The predicted molar refractivity (Wildman–Crippen MR) is 120 cm³/mol. The van der Waals surface area contributed by atoms with Gasteiger partial charge in [0.2, 0.25) is 5.91 Å². The van der Waals surface area contributed by atoms with Gasteiger partial charge in [0.05, 0.1) is 12.2 Å². The van der Waals surface area contributed by atoms with E-state index in [1.165, 1.54) is 6.33 Å². The van der Waals surface area contributed by atoms with Crippen LogP contribution >= 0.6 is 15.9 Å². The third-order valence-electron chi connectivity index (χ3n) is 4.42. The van der Waals surface area contributed by atoms with Crippen LogP contribution < -0.4 is 15.4 Å². The molecule has 0 saturated heterocycles. The van der Waals surface area contributed by atoms with E-state index in [1.54, 1.807) is 41.3 Å². The lowest BCUT2D eigenvalue weighted by Gasteiger charge is -2.09. The molecule has 0 bridgehead atoms. The summed E-state index contributed by atoms with van der Waals surface area (Å²) in [6.07, 6.45) is 3.03. The molecule has 0 aliphatic heterocycles. The van der Waals surface area contributed by atoms with E-state index >= 15 is 0 Å². The summed E-state index contributed by atoms with van der Waals surface area (Å²) in [5.41, 5.74) is 1.43. The van der Waals surface area contributed by atoms with Crippen molar-refractivity contribution in [2.75, 3.05) is 18.5 Å². The predicted octanol–water partition coefficient (Wildman–Crippen LogP) is 3.32. The van der Waals surface area contributed by atoms with E-state index in [0.29, 0.717) is 11.4 Å². The Morgan fingerprint density at radius 3 is 2.52 bits per heavy atom. The zero-order valence-electron chi connectivity index (χ0n) is 16.3. The van der Waals surface area contributed by atoms with Gasteiger partial charge in [0.1, 0.15) is 18.4 Å². The number of hydrogen-bond donors (Lipinski definition) is 2.